The molecule has 0 saturated carbocycles. The van der Waals surface area contributed by atoms with Crippen LogP contribution in [0, 0.1) is 0 Å². The fraction of sp³-hybridized carbons (Fsp3) is 0.929. The first-order valence-corrected chi connectivity index (χ1v) is 7.29. The lowest BCUT2D eigenvalue weighted by molar-refractivity contribution is -0.133. The van der Waals surface area contributed by atoms with Gasteiger partial charge < -0.3 is 9.80 Å². The van der Waals surface area contributed by atoms with Crippen molar-refractivity contribution in [3.05, 3.63) is 0 Å². The standard InChI is InChI=1S/C14H29N3O/c1-6-9-16(8-3)10-11-17-12(4)15-14(5,7-2)13(17)18/h12,15H,6-11H2,1-5H3. The molecule has 106 valence electrons. The lowest BCUT2D eigenvalue weighted by Gasteiger charge is -2.26. The van der Waals surface area contributed by atoms with Crippen LogP contribution in [0.4, 0.5) is 0 Å². The van der Waals surface area contributed by atoms with Gasteiger partial charge in [-0.05, 0) is 39.8 Å². The second-order valence-corrected chi connectivity index (χ2v) is 5.44. The Labute approximate surface area is 112 Å². The third kappa shape index (κ3) is 3.23. The summed E-state index contributed by atoms with van der Waals surface area (Å²) in [6.07, 6.45) is 2.17. The van der Waals surface area contributed by atoms with Crippen LogP contribution < -0.4 is 5.32 Å². The monoisotopic (exact) mass is 255 g/mol. The van der Waals surface area contributed by atoms with Gasteiger partial charge >= 0.3 is 0 Å². The molecule has 18 heavy (non-hydrogen) atoms. The third-order valence-electron chi connectivity index (χ3n) is 4.08. The van der Waals surface area contributed by atoms with Gasteiger partial charge in [0.25, 0.3) is 0 Å². The van der Waals surface area contributed by atoms with Gasteiger partial charge in [-0.2, -0.15) is 0 Å². The molecule has 1 aliphatic rings. The molecular formula is C14H29N3O. The molecule has 0 spiro atoms. The summed E-state index contributed by atoms with van der Waals surface area (Å²) in [4.78, 5) is 16.8. The summed E-state index contributed by atoms with van der Waals surface area (Å²) in [5, 5.41) is 3.41. The van der Waals surface area contributed by atoms with Crippen molar-refractivity contribution < 1.29 is 4.79 Å². The Morgan fingerprint density at radius 3 is 2.44 bits per heavy atom. The van der Waals surface area contributed by atoms with Crippen molar-refractivity contribution in [3.63, 3.8) is 0 Å². The molecule has 0 aromatic rings. The predicted molar refractivity (Wildman–Crippen MR) is 75.4 cm³/mol. The molecule has 4 nitrogen and oxygen atoms in total. The van der Waals surface area contributed by atoms with Crippen molar-refractivity contribution in [1.82, 2.24) is 15.1 Å². The van der Waals surface area contributed by atoms with Crippen molar-refractivity contribution in [2.45, 2.75) is 59.2 Å². The highest BCUT2D eigenvalue weighted by atomic mass is 16.2. The number of carbonyl (C=O) groups is 1. The Bertz CT molecular complexity index is 282. The minimum absolute atomic E-state index is 0.155. The number of hydrogen-bond donors (Lipinski definition) is 1. The Hall–Kier alpha value is -0.610. The van der Waals surface area contributed by atoms with Gasteiger partial charge in [-0.15, -0.1) is 0 Å². The summed E-state index contributed by atoms with van der Waals surface area (Å²) in [5.74, 6) is 0.255. The summed E-state index contributed by atoms with van der Waals surface area (Å²) < 4.78 is 0. The van der Waals surface area contributed by atoms with Crippen molar-refractivity contribution in [2.75, 3.05) is 26.2 Å². The molecule has 1 rings (SSSR count). The Balaban J connectivity index is 2.54. The summed E-state index contributed by atoms with van der Waals surface area (Å²) in [6, 6.07) is 0. The van der Waals surface area contributed by atoms with E-state index >= 15 is 0 Å². The SMILES string of the molecule is CCCN(CC)CCN1C(=O)C(C)(CC)NC1C. The first kappa shape index (κ1) is 15.4. The van der Waals surface area contributed by atoms with Gasteiger partial charge in [0.05, 0.1) is 11.7 Å². The topological polar surface area (TPSA) is 35.6 Å². The van der Waals surface area contributed by atoms with Crippen molar-refractivity contribution in [2.24, 2.45) is 0 Å². The highest BCUT2D eigenvalue weighted by molar-refractivity contribution is 5.88. The first-order chi connectivity index (χ1) is 8.48. The van der Waals surface area contributed by atoms with E-state index in [0.717, 1.165) is 32.6 Å². The summed E-state index contributed by atoms with van der Waals surface area (Å²) in [6.45, 7) is 14.5. The highest BCUT2D eigenvalue weighted by Crippen LogP contribution is 2.22. The van der Waals surface area contributed by atoms with Crippen LogP contribution in [0.15, 0.2) is 0 Å². The smallest absolute Gasteiger partial charge is 0.243 e. The van der Waals surface area contributed by atoms with Gasteiger partial charge in [0, 0.05) is 13.1 Å². The molecule has 1 fully saturated rings. The molecule has 0 radical (unpaired) electrons. The molecular weight excluding hydrogens is 226 g/mol. The number of carbonyl (C=O) groups excluding carboxylic acids is 1. The maximum absolute atomic E-state index is 12.4. The molecule has 0 aliphatic carbocycles. The molecule has 1 aliphatic heterocycles. The average Bonchev–Trinajstić information content (AvgIpc) is 2.57. The Kier molecular flexibility index (Phi) is 5.60. The van der Waals surface area contributed by atoms with Gasteiger partial charge in [0.2, 0.25) is 5.91 Å². The van der Waals surface area contributed by atoms with Gasteiger partial charge in [-0.3, -0.25) is 10.1 Å². The second-order valence-electron chi connectivity index (χ2n) is 5.44. The number of nitrogens with one attached hydrogen (secondary N) is 1. The van der Waals surface area contributed by atoms with Gasteiger partial charge in [-0.1, -0.05) is 20.8 Å². The zero-order chi connectivity index (χ0) is 13.8. The van der Waals surface area contributed by atoms with E-state index in [1.165, 1.54) is 6.42 Å². The molecule has 0 aromatic heterocycles. The molecule has 1 heterocycles. The highest BCUT2D eigenvalue weighted by Gasteiger charge is 2.44. The van der Waals surface area contributed by atoms with Gasteiger partial charge in [0.15, 0.2) is 0 Å². The van der Waals surface area contributed by atoms with E-state index < -0.39 is 0 Å². The van der Waals surface area contributed by atoms with E-state index in [-0.39, 0.29) is 17.6 Å². The molecule has 0 bridgehead atoms. The molecule has 1 saturated heterocycles. The minimum atomic E-state index is -0.360. The Morgan fingerprint density at radius 1 is 1.33 bits per heavy atom. The van der Waals surface area contributed by atoms with Crippen LogP contribution in [-0.2, 0) is 4.79 Å². The summed E-state index contributed by atoms with van der Waals surface area (Å²) in [5.41, 5.74) is -0.360. The number of nitrogens with zero attached hydrogens (tertiary/aromatic N) is 2. The van der Waals surface area contributed by atoms with E-state index in [1.54, 1.807) is 0 Å². The molecule has 2 atom stereocenters. The fourth-order valence-corrected chi connectivity index (χ4v) is 2.64. The van der Waals surface area contributed by atoms with Gasteiger partial charge in [-0.25, -0.2) is 0 Å². The van der Waals surface area contributed by atoms with Gasteiger partial charge in [0.1, 0.15) is 0 Å². The van der Waals surface area contributed by atoms with E-state index in [2.05, 4.69) is 37.9 Å². The minimum Gasteiger partial charge on any atom is -0.325 e. The van der Waals surface area contributed by atoms with Crippen LogP contribution in [0.2, 0.25) is 0 Å². The first-order valence-electron chi connectivity index (χ1n) is 7.29. The summed E-state index contributed by atoms with van der Waals surface area (Å²) in [7, 11) is 0. The fourth-order valence-electron chi connectivity index (χ4n) is 2.64. The van der Waals surface area contributed by atoms with Crippen LogP contribution in [0.5, 0.6) is 0 Å². The van der Waals surface area contributed by atoms with Crippen molar-refractivity contribution in [3.8, 4) is 0 Å². The van der Waals surface area contributed by atoms with E-state index in [1.807, 2.05) is 11.8 Å². The molecule has 1 N–H and O–H groups in total. The van der Waals surface area contributed by atoms with Crippen LogP contribution in [0.3, 0.4) is 0 Å². The largest absolute Gasteiger partial charge is 0.325 e. The third-order valence-corrected chi connectivity index (χ3v) is 4.08. The van der Waals surface area contributed by atoms with Crippen LogP contribution >= 0.6 is 0 Å². The molecule has 1 amide bonds. The predicted octanol–water partition coefficient (Wildman–Crippen LogP) is 1.66. The quantitative estimate of drug-likeness (QED) is 0.751. The zero-order valence-corrected chi connectivity index (χ0v) is 12.6. The summed E-state index contributed by atoms with van der Waals surface area (Å²) >= 11 is 0. The van der Waals surface area contributed by atoms with Crippen molar-refractivity contribution >= 4 is 5.91 Å². The number of likely N-dealkylation sites (N-methyl/N-ethyl adjacent to an activating group) is 1. The Morgan fingerprint density at radius 2 is 2.00 bits per heavy atom. The molecule has 4 heteroatoms. The normalized spacial score (nSPS) is 28.4. The zero-order valence-electron chi connectivity index (χ0n) is 12.6. The second kappa shape index (κ2) is 6.53. The van der Waals surface area contributed by atoms with Crippen LogP contribution in [0.1, 0.15) is 47.5 Å². The number of amides is 1. The lowest BCUT2D eigenvalue weighted by Crippen LogP contribution is -2.44. The van der Waals surface area contributed by atoms with E-state index in [4.69, 9.17) is 0 Å². The number of hydrogen-bond acceptors (Lipinski definition) is 3. The van der Waals surface area contributed by atoms with Crippen molar-refractivity contribution in [1.29, 1.82) is 0 Å². The number of rotatable bonds is 7. The lowest BCUT2D eigenvalue weighted by atomic mass is 9.99. The van der Waals surface area contributed by atoms with E-state index in [9.17, 15) is 4.79 Å². The molecule has 2 unspecified atom stereocenters. The molecule has 0 aromatic carbocycles. The van der Waals surface area contributed by atoms with E-state index in [0.29, 0.717) is 0 Å². The van der Waals surface area contributed by atoms with Crippen LogP contribution in [0.25, 0.3) is 0 Å². The maximum Gasteiger partial charge on any atom is 0.243 e. The van der Waals surface area contributed by atoms with Crippen LogP contribution in [-0.4, -0.2) is 53.6 Å². The maximum atomic E-state index is 12.4. The average molecular weight is 255 g/mol.